The summed E-state index contributed by atoms with van der Waals surface area (Å²) in [5.41, 5.74) is 6.36. The number of pyridine rings is 1. The lowest BCUT2D eigenvalue weighted by Crippen LogP contribution is -2.47. The van der Waals surface area contributed by atoms with Gasteiger partial charge in [0.2, 0.25) is 5.91 Å². The maximum Gasteiger partial charge on any atom is 0.273 e. The third-order valence-corrected chi connectivity index (χ3v) is 4.26. The van der Waals surface area contributed by atoms with E-state index in [4.69, 9.17) is 5.73 Å². The molecule has 2 amide bonds. The molecule has 3 aromatic rings. The van der Waals surface area contributed by atoms with Crippen molar-refractivity contribution in [2.75, 3.05) is 0 Å². The van der Waals surface area contributed by atoms with E-state index in [9.17, 15) is 14.0 Å². The average Bonchev–Trinajstić information content (AvgIpc) is 3.00. The van der Waals surface area contributed by atoms with Crippen molar-refractivity contribution in [1.29, 1.82) is 0 Å². The standard InChI is InChI=1S/C19H20FN5O2/c1-11(2)15(17(21)26)23-19(27)16-13-7-5-9-22-18(13)25(24-16)10-12-6-3-4-8-14(12)20/h3-9,11,15H,10H2,1-2H3,(H2,21,26)(H,23,27)/t15-/m0/s1. The lowest BCUT2D eigenvalue weighted by atomic mass is 10.0. The van der Waals surface area contributed by atoms with Crippen molar-refractivity contribution in [3.63, 3.8) is 0 Å². The largest absolute Gasteiger partial charge is 0.368 e. The van der Waals surface area contributed by atoms with Gasteiger partial charge in [-0.15, -0.1) is 0 Å². The number of primary amides is 1. The first kappa shape index (κ1) is 18.5. The summed E-state index contributed by atoms with van der Waals surface area (Å²) >= 11 is 0. The second kappa shape index (κ2) is 7.53. The predicted molar refractivity (Wildman–Crippen MR) is 98.3 cm³/mol. The lowest BCUT2D eigenvalue weighted by Gasteiger charge is -2.18. The van der Waals surface area contributed by atoms with Crippen molar-refractivity contribution in [2.45, 2.75) is 26.4 Å². The van der Waals surface area contributed by atoms with E-state index in [-0.39, 0.29) is 24.0 Å². The van der Waals surface area contributed by atoms with Gasteiger partial charge in [0.05, 0.1) is 11.9 Å². The third kappa shape index (κ3) is 3.79. The molecule has 140 valence electrons. The molecule has 0 unspecified atom stereocenters. The molecular formula is C19H20FN5O2. The van der Waals surface area contributed by atoms with Crippen LogP contribution >= 0.6 is 0 Å². The summed E-state index contributed by atoms with van der Waals surface area (Å²) in [6.07, 6.45) is 1.57. The van der Waals surface area contributed by atoms with E-state index in [2.05, 4.69) is 15.4 Å². The van der Waals surface area contributed by atoms with Crippen molar-refractivity contribution in [1.82, 2.24) is 20.1 Å². The Hall–Kier alpha value is -3.29. The Morgan fingerprint density at radius 3 is 2.63 bits per heavy atom. The van der Waals surface area contributed by atoms with Gasteiger partial charge in [0.15, 0.2) is 11.3 Å². The number of aromatic nitrogens is 3. The van der Waals surface area contributed by atoms with E-state index in [0.29, 0.717) is 16.6 Å². The molecular weight excluding hydrogens is 349 g/mol. The highest BCUT2D eigenvalue weighted by atomic mass is 19.1. The molecule has 0 saturated heterocycles. The Labute approximate surface area is 155 Å². The molecule has 1 aromatic carbocycles. The van der Waals surface area contributed by atoms with Crippen LogP contribution in [-0.4, -0.2) is 32.6 Å². The van der Waals surface area contributed by atoms with Crippen LogP contribution in [0.15, 0.2) is 42.6 Å². The molecule has 27 heavy (non-hydrogen) atoms. The molecule has 1 atom stereocenters. The maximum absolute atomic E-state index is 14.0. The first-order chi connectivity index (χ1) is 12.9. The summed E-state index contributed by atoms with van der Waals surface area (Å²) in [5, 5.41) is 7.45. The van der Waals surface area contributed by atoms with E-state index in [1.807, 2.05) is 0 Å². The second-order valence-corrected chi connectivity index (χ2v) is 6.57. The number of rotatable bonds is 6. The zero-order valence-electron chi connectivity index (χ0n) is 15.0. The van der Waals surface area contributed by atoms with Gasteiger partial charge in [0, 0.05) is 11.8 Å². The number of nitrogens with two attached hydrogens (primary N) is 1. The Balaban J connectivity index is 1.98. The molecule has 0 aliphatic heterocycles. The van der Waals surface area contributed by atoms with Crippen molar-refractivity contribution in [2.24, 2.45) is 11.7 Å². The van der Waals surface area contributed by atoms with Crippen LogP contribution < -0.4 is 11.1 Å². The lowest BCUT2D eigenvalue weighted by molar-refractivity contribution is -0.120. The number of amides is 2. The number of nitrogens with zero attached hydrogens (tertiary/aromatic N) is 3. The van der Waals surface area contributed by atoms with E-state index in [1.165, 1.54) is 10.7 Å². The fraction of sp³-hybridized carbons (Fsp3) is 0.263. The van der Waals surface area contributed by atoms with E-state index in [1.54, 1.807) is 50.4 Å². The molecule has 7 nitrogen and oxygen atoms in total. The van der Waals surface area contributed by atoms with Gasteiger partial charge in [-0.2, -0.15) is 5.10 Å². The van der Waals surface area contributed by atoms with E-state index in [0.717, 1.165) is 0 Å². The maximum atomic E-state index is 14.0. The second-order valence-electron chi connectivity index (χ2n) is 6.57. The molecule has 2 aromatic heterocycles. The van der Waals surface area contributed by atoms with Crippen LogP contribution in [0.2, 0.25) is 0 Å². The summed E-state index contributed by atoms with van der Waals surface area (Å²) < 4.78 is 15.5. The minimum Gasteiger partial charge on any atom is -0.368 e. The number of halogens is 1. The number of hydrogen-bond donors (Lipinski definition) is 2. The summed E-state index contributed by atoms with van der Waals surface area (Å²) in [7, 11) is 0. The minimum absolute atomic E-state index is 0.112. The number of benzene rings is 1. The summed E-state index contributed by atoms with van der Waals surface area (Å²) in [5.74, 6) is -1.68. The first-order valence-corrected chi connectivity index (χ1v) is 8.53. The summed E-state index contributed by atoms with van der Waals surface area (Å²) in [4.78, 5) is 28.6. The SMILES string of the molecule is CC(C)[C@H](NC(=O)c1nn(Cc2ccccc2F)c2ncccc12)C(N)=O. The Morgan fingerprint density at radius 2 is 1.96 bits per heavy atom. The predicted octanol–water partition coefficient (Wildman–Crippen LogP) is 1.86. The number of carbonyl (C=O) groups excluding carboxylic acids is 2. The summed E-state index contributed by atoms with van der Waals surface area (Å²) in [6, 6.07) is 8.91. The number of hydrogen-bond acceptors (Lipinski definition) is 4. The van der Waals surface area contributed by atoms with Crippen LogP contribution in [0.25, 0.3) is 11.0 Å². The Kier molecular flexibility index (Phi) is 5.16. The average molecular weight is 369 g/mol. The van der Waals surface area contributed by atoms with Crippen LogP contribution in [0.4, 0.5) is 4.39 Å². The van der Waals surface area contributed by atoms with Crippen molar-refractivity contribution >= 4 is 22.8 Å². The third-order valence-electron chi connectivity index (χ3n) is 4.26. The van der Waals surface area contributed by atoms with Gasteiger partial charge in [-0.05, 0) is 24.1 Å². The normalized spacial score (nSPS) is 12.3. The highest BCUT2D eigenvalue weighted by Gasteiger charge is 2.25. The fourth-order valence-electron chi connectivity index (χ4n) is 2.85. The van der Waals surface area contributed by atoms with Gasteiger partial charge < -0.3 is 11.1 Å². The minimum atomic E-state index is -0.819. The molecule has 2 heterocycles. The van der Waals surface area contributed by atoms with Gasteiger partial charge in [0.1, 0.15) is 11.9 Å². The first-order valence-electron chi connectivity index (χ1n) is 8.53. The van der Waals surface area contributed by atoms with Gasteiger partial charge >= 0.3 is 0 Å². The Morgan fingerprint density at radius 1 is 1.22 bits per heavy atom. The number of carbonyl (C=O) groups is 2. The molecule has 0 aliphatic carbocycles. The van der Waals surface area contributed by atoms with Crippen molar-refractivity contribution < 1.29 is 14.0 Å². The zero-order valence-corrected chi connectivity index (χ0v) is 15.0. The zero-order chi connectivity index (χ0) is 19.6. The van der Waals surface area contributed by atoms with Gasteiger partial charge in [-0.1, -0.05) is 32.0 Å². The quantitative estimate of drug-likeness (QED) is 0.692. The smallest absolute Gasteiger partial charge is 0.273 e. The highest BCUT2D eigenvalue weighted by molar-refractivity contribution is 6.05. The van der Waals surface area contributed by atoms with Gasteiger partial charge in [-0.25, -0.2) is 14.1 Å². The molecule has 0 radical (unpaired) electrons. The van der Waals surface area contributed by atoms with Gasteiger partial charge in [-0.3, -0.25) is 9.59 Å². The fourth-order valence-corrected chi connectivity index (χ4v) is 2.85. The Bertz CT molecular complexity index is 999. The van der Waals surface area contributed by atoms with Crippen molar-refractivity contribution in [3.05, 3.63) is 59.7 Å². The van der Waals surface area contributed by atoms with E-state index < -0.39 is 17.9 Å². The number of nitrogens with one attached hydrogen (secondary N) is 1. The van der Waals surface area contributed by atoms with Crippen LogP contribution in [-0.2, 0) is 11.3 Å². The molecule has 0 fully saturated rings. The molecule has 3 rings (SSSR count). The van der Waals surface area contributed by atoms with Crippen molar-refractivity contribution in [3.8, 4) is 0 Å². The molecule has 0 saturated carbocycles. The summed E-state index contributed by atoms with van der Waals surface area (Å²) in [6.45, 7) is 3.69. The highest BCUT2D eigenvalue weighted by Crippen LogP contribution is 2.19. The van der Waals surface area contributed by atoms with Crippen LogP contribution in [0.1, 0.15) is 29.9 Å². The molecule has 8 heteroatoms. The molecule has 3 N–H and O–H groups in total. The van der Waals surface area contributed by atoms with E-state index >= 15 is 0 Å². The van der Waals surface area contributed by atoms with Crippen LogP contribution in [0, 0.1) is 11.7 Å². The number of fused-ring (bicyclic) bond motifs is 1. The molecule has 0 spiro atoms. The topological polar surface area (TPSA) is 103 Å². The van der Waals surface area contributed by atoms with Crippen LogP contribution in [0.5, 0.6) is 0 Å². The molecule has 0 aliphatic rings. The van der Waals surface area contributed by atoms with Gasteiger partial charge in [0.25, 0.3) is 5.91 Å². The monoisotopic (exact) mass is 369 g/mol. The van der Waals surface area contributed by atoms with Crippen LogP contribution in [0.3, 0.4) is 0 Å². The molecule has 0 bridgehead atoms.